The average Bonchev–Trinajstić information content (AvgIpc) is 2.82. The smallest absolute Gasteiger partial charge is 0.163 e. The summed E-state index contributed by atoms with van der Waals surface area (Å²) in [6.45, 7) is 8.11. The van der Waals surface area contributed by atoms with Crippen LogP contribution in [-0.2, 0) is 0 Å². The van der Waals surface area contributed by atoms with E-state index in [4.69, 9.17) is 9.47 Å². The zero-order chi connectivity index (χ0) is 13.8. The van der Waals surface area contributed by atoms with Crippen molar-refractivity contribution in [1.29, 1.82) is 0 Å². The highest BCUT2D eigenvalue weighted by Gasteiger charge is 2.23. The predicted octanol–water partition coefficient (Wildman–Crippen LogP) is 2.28. The van der Waals surface area contributed by atoms with Gasteiger partial charge in [0.15, 0.2) is 11.5 Å². The molecule has 1 aromatic carbocycles. The third kappa shape index (κ3) is 3.01. The minimum atomic E-state index is 0.750. The standard InChI is InChI=1S/C16H24N2O2/c1-2-17-11-13-6-7-18(12-13)14-4-5-15-16(10-14)20-9-3-8-19-15/h4-5,10,13,17H,2-3,6-9,11-12H2,1H3. The number of benzene rings is 1. The first kappa shape index (κ1) is 13.6. The van der Waals surface area contributed by atoms with Gasteiger partial charge in [0.25, 0.3) is 0 Å². The fourth-order valence-electron chi connectivity index (χ4n) is 2.93. The van der Waals surface area contributed by atoms with Crippen LogP contribution in [0.4, 0.5) is 5.69 Å². The molecule has 0 spiro atoms. The van der Waals surface area contributed by atoms with E-state index < -0.39 is 0 Å². The Kier molecular flexibility index (Phi) is 4.31. The molecule has 0 saturated carbocycles. The summed E-state index contributed by atoms with van der Waals surface area (Å²) in [5.41, 5.74) is 1.26. The molecule has 0 radical (unpaired) electrons. The molecule has 2 aliphatic rings. The maximum atomic E-state index is 5.78. The van der Waals surface area contributed by atoms with Crippen LogP contribution in [0.3, 0.4) is 0 Å². The molecule has 1 unspecified atom stereocenters. The monoisotopic (exact) mass is 276 g/mol. The summed E-state index contributed by atoms with van der Waals surface area (Å²) in [7, 11) is 0. The second kappa shape index (κ2) is 6.35. The van der Waals surface area contributed by atoms with Crippen molar-refractivity contribution in [2.75, 3.05) is 44.3 Å². The first-order chi connectivity index (χ1) is 9.86. The van der Waals surface area contributed by atoms with Gasteiger partial charge in [0.05, 0.1) is 13.2 Å². The van der Waals surface area contributed by atoms with Crippen molar-refractivity contribution in [3.05, 3.63) is 18.2 Å². The highest BCUT2D eigenvalue weighted by Crippen LogP contribution is 2.35. The molecule has 2 aliphatic heterocycles. The van der Waals surface area contributed by atoms with Gasteiger partial charge >= 0.3 is 0 Å². The molecule has 3 rings (SSSR count). The molecular weight excluding hydrogens is 252 g/mol. The third-order valence-corrected chi connectivity index (χ3v) is 4.07. The lowest BCUT2D eigenvalue weighted by Gasteiger charge is -2.20. The van der Waals surface area contributed by atoms with E-state index in [1.165, 1.54) is 12.1 Å². The number of fused-ring (bicyclic) bond motifs is 1. The van der Waals surface area contributed by atoms with E-state index in [0.29, 0.717) is 0 Å². The lowest BCUT2D eigenvalue weighted by atomic mass is 10.1. The van der Waals surface area contributed by atoms with Gasteiger partial charge in [0.1, 0.15) is 0 Å². The second-order valence-electron chi connectivity index (χ2n) is 5.59. The zero-order valence-corrected chi connectivity index (χ0v) is 12.2. The van der Waals surface area contributed by atoms with Crippen LogP contribution in [0, 0.1) is 5.92 Å². The molecule has 1 fully saturated rings. The fraction of sp³-hybridized carbons (Fsp3) is 0.625. The van der Waals surface area contributed by atoms with Gasteiger partial charge in [-0.2, -0.15) is 0 Å². The molecule has 20 heavy (non-hydrogen) atoms. The molecular formula is C16H24N2O2. The van der Waals surface area contributed by atoms with Gasteiger partial charge in [-0.15, -0.1) is 0 Å². The maximum Gasteiger partial charge on any atom is 0.163 e. The van der Waals surface area contributed by atoms with Gasteiger partial charge in [-0.1, -0.05) is 6.92 Å². The molecule has 0 amide bonds. The SMILES string of the molecule is CCNCC1CCN(c2ccc3c(c2)OCCCO3)C1. The van der Waals surface area contributed by atoms with Crippen LogP contribution in [0.5, 0.6) is 11.5 Å². The first-order valence-corrected chi connectivity index (χ1v) is 7.72. The van der Waals surface area contributed by atoms with Crippen molar-refractivity contribution in [2.24, 2.45) is 5.92 Å². The third-order valence-electron chi connectivity index (χ3n) is 4.07. The van der Waals surface area contributed by atoms with Crippen molar-refractivity contribution in [3.63, 3.8) is 0 Å². The number of anilines is 1. The van der Waals surface area contributed by atoms with Crippen molar-refractivity contribution in [2.45, 2.75) is 19.8 Å². The molecule has 4 heteroatoms. The van der Waals surface area contributed by atoms with Crippen molar-refractivity contribution < 1.29 is 9.47 Å². The van der Waals surface area contributed by atoms with E-state index in [0.717, 1.165) is 63.2 Å². The molecule has 1 atom stereocenters. The summed E-state index contributed by atoms with van der Waals surface area (Å²) >= 11 is 0. The van der Waals surface area contributed by atoms with Gasteiger partial charge in [0, 0.05) is 31.3 Å². The summed E-state index contributed by atoms with van der Waals surface area (Å²) < 4.78 is 11.5. The first-order valence-electron chi connectivity index (χ1n) is 7.72. The number of hydrogen-bond acceptors (Lipinski definition) is 4. The van der Waals surface area contributed by atoms with E-state index in [9.17, 15) is 0 Å². The topological polar surface area (TPSA) is 33.7 Å². The fourth-order valence-corrected chi connectivity index (χ4v) is 2.93. The van der Waals surface area contributed by atoms with Crippen LogP contribution in [-0.4, -0.2) is 39.4 Å². The van der Waals surface area contributed by atoms with Gasteiger partial charge in [-0.25, -0.2) is 0 Å². The Hall–Kier alpha value is -1.42. The summed E-state index contributed by atoms with van der Waals surface area (Å²) in [5, 5.41) is 3.45. The van der Waals surface area contributed by atoms with Gasteiger partial charge in [-0.05, 0) is 37.6 Å². The van der Waals surface area contributed by atoms with Gasteiger partial charge in [-0.3, -0.25) is 0 Å². The second-order valence-corrected chi connectivity index (χ2v) is 5.59. The molecule has 0 bridgehead atoms. The minimum Gasteiger partial charge on any atom is -0.490 e. The summed E-state index contributed by atoms with van der Waals surface area (Å²) in [5.74, 6) is 2.54. The number of nitrogens with one attached hydrogen (secondary N) is 1. The van der Waals surface area contributed by atoms with E-state index in [-0.39, 0.29) is 0 Å². The van der Waals surface area contributed by atoms with Crippen LogP contribution in [0.15, 0.2) is 18.2 Å². The van der Waals surface area contributed by atoms with Crippen LogP contribution in [0.1, 0.15) is 19.8 Å². The van der Waals surface area contributed by atoms with E-state index in [1.54, 1.807) is 0 Å². The Bertz CT molecular complexity index is 450. The molecule has 0 aromatic heterocycles. The van der Waals surface area contributed by atoms with Crippen LogP contribution >= 0.6 is 0 Å². The van der Waals surface area contributed by atoms with Gasteiger partial charge < -0.3 is 19.7 Å². The maximum absolute atomic E-state index is 5.78. The molecule has 1 aromatic rings. The van der Waals surface area contributed by atoms with Crippen LogP contribution in [0.25, 0.3) is 0 Å². The Morgan fingerprint density at radius 3 is 2.95 bits per heavy atom. The Morgan fingerprint density at radius 2 is 2.10 bits per heavy atom. The van der Waals surface area contributed by atoms with Gasteiger partial charge in [0.2, 0.25) is 0 Å². The van der Waals surface area contributed by atoms with Crippen LogP contribution < -0.4 is 19.7 Å². The molecule has 0 aliphatic carbocycles. The largest absolute Gasteiger partial charge is 0.490 e. The quantitative estimate of drug-likeness (QED) is 0.915. The summed E-state index contributed by atoms with van der Waals surface area (Å²) in [6.07, 6.45) is 2.22. The average molecular weight is 276 g/mol. The Morgan fingerprint density at radius 1 is 1.25 bits per heavy atom. The highest BCUT2D eigenvalue weighted by atomic mass is 16.5. The molecule has 4 nitrogen and oxygen atoms in total. The lowest BCUT2D eigenvalue weighted by Crippen LogP contribution is -2.26. The molecule has 1 saturated heterocycles. The van der Waals surface area contributed by atoms with E-state index >= 15 is 0 Å². The summed E-state index contributed by atoms with van der Waals surface area (Å²) in [6, 6.07) is 6.34. The van der Waals surface area contributed by atoms with Crippen LogP contribution in [0.2, 0.25) is 0 Å². The van der Waals surface area contributed by atoms with E-state index in [2.05, 4.69) is 29.3 Å². The zero-order valence-electron chi connectivity index (χ0n) is 12.2. The normalized spacial score (nSPS) is 21.9. The highest BCUT2D eigenvalue weighted by molar-refractivity contribution is 5.57. The van der Waals surface area contributed by atoms with Crippen molar-refractivity contribution >= 4 is 5.69 Å². The number of hydrogen-bond donors (Lipinski definition) is 1. The number of nitrogens with zero attached hydrogens (tertiary/aromatic N) is 1. The summed E-state index contributed by atoms with van der Waals surface area (Å²) in [4.78, 5) is 2.45. The Balaban J connectivity index is 1.67. The molecule has 2 heterocycles. The molecule has 110 valence electrons. The predicted molar refractivity (Wildman–Crippen MR) is 80.9 cm³/mol. The van der Waals surface area contributed by atoms with E-state index in [1.807, 2.05) is 6.07 Å². The molecule has 1 N–H and O–H groups in total. The minimum absolute atomic E-state index is 0.750. The van der Waals surface area contributed by atoms with Crippen molar-refractivity contribution in [3.8, 4) is 11.5 Å². The number of ether oxygens (including phenoxy) is 2. The number of rotatable bonds is 4. The lowest BCUT2D eigenvalue weighted by molar-refractivity contribution is 0.297. The Labute approximate surface area is 121 Å². The van der Waals surface area contributed by atoms with Crippen molar-refractivity contribution in [1.82, 2.24) is 5.32 Å².